The van der Waals surface area contributed by atoms with Crippen molar-refractivity contribution in [2.75, 3.05) is 5.32 Å². The zero-order chi connectivity index (χ0) is 20.6. The Labute approximate surface area is 176 Å². The highest BCUT2D eigenvalue weighted by atomic mass is 79.9. The molecule has 3 aromatic rings. The maximum atomic E-state index is 12.1. The van der Waals surface area contributed by atoms with Crippen LogP contribution in [0.4, 0.5) is 5.69 Å². The molecule has 0 bridgehead atoms. The molecule has 1 amide bonds. The fourth-order valence-electron chi connectivity index (χ4n) is 2.58. The molecule has 29 heavy (non-hydrogen) atoms. The Morgan fingerprint density at radius 2 is 1.41 bits per heavy atom. The summed E-state index contributed by atoms with van der Waals surface area (Å²) in [5, 5.41) is 2.77. The largest absolute Gasteiger partial charge is 0.427 e. The lowest BCUT2D eigenvalue weighted by atomic mass is 10.1. The van der Waals surface area contributed by atoms with Crippen LogP contribution in [0.2, 0.25) is 0 Å². The van der Waals surface area contributed by atoms with Crippen LogP contribution in [0.3, 0.4) is 0 Å². The number of nitrogens with one attached hydrogen (secondary N) is 1. The standard InChI is InChI=1S/C23H18BrNO4/c24-18-8-6-16(7-9-18)21(26)14-15-22(27)29-20-12-10-19(11-13-20)25-23(28)17-4-2-1-3-5-17/h1-13H,14-15H2,(H,25,28). The highest BCUT2D eigenvalue weighted by molar-refractivity contribution is 9.10. The molecule has 0 saturated carbocycles. The summed E-state index contributed by atoms with van der Waals surface area (Å²) in [7, 11) is 0. The smallest absolute Gasteiger partial charge is 0.311 e. The third-order valence-corrected chi connectivity index (χ3v) is 4.63. The zero-order valence-corrected chi connectivity index (χ0v) is 17.0. The maximum Gasteiger partial charge on any atom is 0.311 e. The van der Waals surface area contributed by atoms with Crippen molar-refractivity contribution in [3.8, 4) is 5.75 Å². The Kier molecular flexibility index (Phi) is 6.92. The number of ether oxygens (including phenoxy) is 1. The molecule has 6 heteroatoms. The highest BCUT2D eigenvalue weighted by Crippen LogP contribution is 2.18. The van der Waals surface area contributed by atoms with Crippen LogP contribution in [-0.2, 0) is 4.79 Å². The fourth-order valence-corrected chi connectivity index (χ4v) is 2.84. The monoisotopic (exact) mass is 451 g/mol. The Balaban J connectivity index is 1.49. The lowest BCUT2D eigenvalue weighted by Gasteiger charge is -2.07. The first-order valence-corrected chi connectivity index (χ1v) is 9.76. The van der Waals surface area contributed by atoms with Gasteiger partial charge in [0.1, 0.15) is 5.75 Å². The van der Waals surface area contributed by atoms with Gasteiger partial charge in [-0.1, -0.05) is 46.3 Å². The average molecular weight is 452 g/mol. The molecule has 0 aliphatic heterocycles. The molecule has 3 aromatic carbocycles. The number of esters is 1. The normalized spacial score (nSPS) is 10.2. The first-order valence-electron chi connectivity index (χ1n) is 8.97. The third kappa shape index (κ3) is 6.12. The van der Waals surface area contributed by atoms with E-state index in [4.69, 9.17) is 4.74 Å². The molecule has 146 valence electrons. The van der Waals surface area contributed by atoms with Crippen molar-refractivity contribution < 1.29 is 19.1 Å². The second-order valence-electron chi connectivity index (χ2n) is 6.25. The van der Waals surface area contributed by atoms with Crippen LogP contribution in [0.15, 0.2) is 83.3 Å². The number of ketones is 1. The molecular weight excluding hydrogens is 434 g/mol. The number of carbonyl (C=O) groups is 3. The van der Waals surface area contributed by atoms with Gasteiger partial charge in [0.25, 0.3) is 5.91 Å². The van der Waals surface area contributed by atoms with Gasteiger partial charge in [-0.2, -0.15) is 0 Å². The minimum atomic E-state index is -0.489. The van der Waals surface area contributed by atoms with Crippen molar-refractivity contribution in [1.82, 2.24) is 0 Å². The first kappa shape index (κ1) is 20.5. The lowest BCUT2D eigenvalue weighted by Crippen LogP contribution is -2.12. The molecule has 0 aliphatic rings. The molecule has 0 saturated heterocycles. The summed E-state index contributed by atoms with van der Waals surface area (Å²) >= 11 is 3.32. The molecule has 0 atom stereocenters. The summed E-state index contributed by atoms with van der Waals surface area (Å²) in [6.07, 6.45) is 0.0626. The topological polar surface area (TPSA) is 72.5 Å². The van der Waals surface area contributed by atoms with E-state index in [1.807, 2.05) is 6.07 Å². The molecule has 0 aliphatic carbocycles. The van der Waals surface area contributed by atoms with Gasteiger partial charge in [-0.05, 0) is 48.5 Å². The van der Waals surface area contributed by atoms with Gasteiger partial charge in [-0.25, -0.2) is 0 Å². The molecule has 5 nitrogen and oxygen atoms in total. The van der Waals surface area contributed by atoms with Crippen LogP contribution in [0, 0.1) is 0 Å². The molecular formula is C23H18BrNO4. The van der Waals surface area contributed by atoms with E-state index in [0.29, 0.717) is 22.6 Å². The SMILES string of the molecule is O=C(CCC(=O)c1ccc(Br)cc1)Oc1ccc(NC(=O)c2ccccc2)cc1. The molecule has 0 radical (unpaired) electrons. The van der Waals surface area contributed by atoms with Gasteiger partial charge in [-0.15, -0.1) is 0 Å². The van der Waals surface area contributed by atoms with Gasteiger partial charge >= 0.3 is 5.97 Å². The lowest BCUT2D eigenvalue weighted by molar-refractivity contribution is -0.134. The van der Waals surface area contributed by atoms with Crippen molar-refractivity contribution in [2.45, 2.75) is 12.8 Å². The second kappa shape index (κ2) is 9.80. The zero-order valence-electron chi connectivity index (χ0n) is 15.4. The number of hydrogen-bond acceptors (Lipinski definition) is 4. The molecule has 0 aromatic heterocycles. The van der Waals surface area contributed by atoms with Gasteiger partial charge in [0, 0.05) is 27.7 Å². The molecule has 0 spiro atoms. The van der Waals surface area contributed by atoms with Crippen LogP contribution in [0.1, 0.15) is 33.6 Å². The third-order valence-electron chi connectivity index (χ3n) is 4.10. The van der Waals surface area contributed by atoms with E-state index in [1.165, 1.54) is 0 Å². The number of halogens is 1. The van der Waals surface area contributed by atoms with Gasteiger partial charge in [-0.3, -0.25) is 14.4 Å². The summed E-state index contributed by atoms with van der Waals surface area (Å²) in [4.78, 5) is 36.2. The summed E-state index contributed by atoms with van der Waals surface area (Å²) < 4.78 is 6.14. The Hall–Kier alpha value is -3.25. The fraction of sp³-hybridized carbons (Fsp3) is 0.0870. The molecule has 3 rings (SSSR count). The number of amides is 1. The van der Waals surface area contributed by atoms with Gasteiger partial charge in [0.15, 0.2) is 5.78 Å². The minimum absolute atomic E-state index is 0.0125. The molecule has 1 N–H and O–H groups in total. The van der Waals surface area contributed by atoms with E-state index in [9.17, 15) is 14.4 Å². The Bertz CT molecular complexity index is 999. The van der Waals surface area contributed by atoms with Crippen LogP contribution in [0.5, 0.6) is 5.75 Å². The quantitative estimate of drug-likeness (QED) is 0.301. The van der Waals surface area contributed by atoms with E-state index in [0.717, 1.165) is 4.47 Å². The first-order chi connectivity index (χ1) is 14.0. The van der Waals surface area contributed by atoms with Crippen molar-refractivity contribution in [3.63, 3.8) is 0 Å². The number of anilines is 1. The summed E-state index contributed by atoms with van der Waals surface area (Å²) in [5.74, 6) is -0.476. The van der Waals surface area contributed by atoms with Gasteiger partial charge in [0.05, 0.1) is 6.42 Å². The number of benzene rings is 3. The minimum Gasteiger partial charge on any atom is -0.427 e. The van der Waals surface area contributed by atoms with E-state index in [1.54, 1.807) is 72.8 Å². The molecule has 0 fully saturated rings. The van der Waals surface area contributed by atoms with Gasteiger partial charge in [0.2, 0.25) is 0 Å². The van der Waals surface area contributed by atoms with E-state index in [2.05, 4.69) is 21.2 Å². The number of carbonyl (C=O) groups excluding carboxylic acids is 3. The Morgan fingerprint density at radius 3 is 2.07 bits per heavy atom. The predicted octanol–water partition coefficient (Wildman–Crippen LogP) is 5.27. The van der Waals surface area contributed by atoms with Crippen LogP contribution < -0.4 is 10.1 Å². The average Bonchev–Trinajstić information content (AvgIpc) is 2.74. The molecule has 0 heterocycles. The van der Waals surface area contributed by atoms with Crippen molar-refractivity contribution in [2.24, 2.45) is 0 Å². The van der Waals surface area contributed by atoms with E-state index >= 15 is 0 Å². The van der Waals surface area contributed by atoms with Crippen molar-refractivity contribution >= 4 is 39.3 Å². The van der Waals surface area contributed by atoms with Crippen LogP contribution >= 0.6 is 15.9 Å². The summed E-state index contributed by atoms with van der Waals surface area (Å²) in [6, 6.07) is 22.3. The number of hydrogen-bond donors (Lipinski definition) is 1. The molecule has 0 unspecified atom stereocenters. The van der Waals surface area contributed by atoms with E-state index in [-0.39, 0.29) is 24.5 Å². The van der Waals surface area contributed by atoms with Gasteiger partial charge < -0.3 is 10.1 Å². The van der Waals surface area contributed by atoms with Crippen molar-refractivity contribution in [1.29, 1.82) is 0 Å². The summed E-state index contributed by atoms with van der Waals surface area (Å²) in [6.45, 7) is 0. The number of rotatable bonds is 7. The highest BCUT2D eigenvalue weighted by Gasteiger charge is 2.11. The van der Waals surface area contributed by atoms with E-state index < -0.39 is 5.97 Å². The predicted molar refractivity (Wildman–Crippen MR) is 114 cm³/mol. The summed E-state index contributed by atoms with van der Waals surface area (Å²) in [5.41, 5.74) is 1.70. The van der Waals surface area contributed by atoms with Crippen molar-refractivity contribution in [3.05, 3.63) is 94.5 Å². The second-order valence-corrected chi connectivity index (χ2v) is 7.16. The van der Waals surface area contributed by atoms with Crippen LogP contribution in [0.25, 0.3) is 0 Å². The Morgan fingerprint density at radius 1 is 0.759 bits per heavy atom. The maximum absolute atomic E-state index is 12.1. The number of Topliss-reactive ketones (excluding diaryl/α,β-unsaturated/α-hetero) is 1. The van der Waals surface area contributed by atoms with Crippen LogP contribution in [-0.4, -0.2) is 17.7 Å².